The first-order valence-corrected chi connectivity index (χ1v) is 11.1. The second-order valence-corrected chi connectivity index (χ2v) is 9.38. The summed E-state index contributed by atoms with van der Waals surface area (Å²) in [6.45, 7) is 7.34. The number of hydrogen-bond acceptors (Lipinski definition) is 3. The number of nitrogens with zero attached hydrogens (tertiary/aromatic N) is 1. The molecular formula is C23H27Cl3N2O3. The van der Waals surface area contributed by atoms with Crippen LogP contribution in [0.2, 0.25) is 15.1 Å². The van der Waals surface area contributed by atoms with Crippen LogP contribution in [-0.4, -0.2) is 34.9 Å². The summed E-state index contributed by atoms with van der Waals surface area (Å²) in [6, 6.07) is 11.1. The predicted molar refractivity (Wildman–Crippen MR) is 126 cm³/mol. The average Bonchev–Trinajstić information content (AvgIpc) is 2.68. The van der Waals surface area contributed by atoms with Crippen LogP contribution < -0.4 is 10.1 Å². The first-order valence-electron chi connectivity index (χ1n) is 9.94. The summed E-state index contributed by atoms with van der Waals surface area (Å²) in [5, 5.41) is 4.37. The van der Waals surface area contributed by atoms with Crippen molar-refractivity contribution in [3.05, 3.63) is 63.1 Å². The van der Waals surface area contributed by atoms with Crippen LogP contribution in [0.25, 0.3) is 0 Å². The van der Waals surface area contributed by atoms with E-state index in [1.165, 1.54) is 4.90 Å². The van der Waals surface area contributed by atoms with E-state index < -0.39 is 11.6 Å². The van der Waals surface area contributed by atoms with Gasteiger partial charge in [-0.25, -0.2) is 0 Å². The standard InChI is InChI=1S/C23H27Cl3N2O3/c1-5-20(22(30)27-23(2,3)4)28(13-17-18(25)7-6-8-19(17)26)21(29)14-31-16-11-9-15(24)10-12-16/h6-12,20H,5,13-14H2,1-4H3,(H,27,30)/t20-/m0/s1. The van der Waals surface area contributed by atoms with Gasteiger partial charge in [0.15, 0.2) is 6.61 Å². The number of nitrogens with one attached hydrogen (secondary N) is 1. The predicted octanol–water partition coefficient (Wildman–Crippen LogP) is 5.75. The van der Waals surface area contributed by atoms with Crippen LogP contribution in [0.1, 0.15) is 39.7 Å². The molecule has 0 aliphatic heterocycles. The SMILES string of the molecule is CC[C@@H](C(=O)NC(C)(C)C)N(Cc1c(Cl)cccc1Cl)C(=O)COc1ccc(Cl)cc1. The van der Waals surface area contributed by atoms with Crippen molar-refractivity contribution in [3.63, 3.8) is 0 Å². The smallest absolute Gasteiger partial charge is 0.261 e. The second kappa shape index (κ2) is 11.1. The Morgan fingerprint density at radius 2 is 1.61 bits per heavy atom. The molecule has 2 aromatic rings. The van der Waals surface area contributed by atoms with Gasteiger partial charge in [-0.1, -0.05) is 47.8 Å². The highest BCUT2D eigenvalue weighted by Gasteiger charge is 2.31. The highest BCUT2D eigenvalue weighted by molar-refractivity contribution is 6.36. The molecule has 0 radical (unpaired) electrons. The maximum atomic E-state index is 13.2. The molecule has 0 fully saturated rings. The van der Waals surface area contributed by atoms with E-state index in [2.05, 4.69) is 5.32 Å². The second-order valence-electron chi connectivity index (χ2n) is 8.13. The molecule has 31 heavy (non-hydrogen) atoms. The Morgan fingerprint density at radius 1 is 1.03 bits per heavy atom. The average molecular weight is 486 g/mol. The van der Waals surface area contributed by atoms with Gasteiger partial charge < -0.3 is 15.0 Å². The molecular weight excluding hydrogens is 459 g/mol. The number of benzene rings is 2. The summed E-state index contributed by atoms with van der Waals surface area (Å²) in [6.07, 6.45) is 0.413. The third kappa shape index (κ3) is 7.60. The quantitative estimate of drug-likeness (QED) is 0.518. The third-order valence-corrected chi connectivity index (χ3v) is 5.41. The highest BCUT2D eigenvalue weighted by atomic mass is 35.5. The van der Waals surface area contributed by atoms with E-state index in [1.54, 1.807) is 42.5 Å². The van der Waals surface area contributed by atoms with Gasteiger partial charge in [0, 0.05) is 32.7 Å². The molecule has 0 heterocycles. The van der Waals surface area contributed by atoms with Crippen molar-refractivity contribution in [2.45, 2.75) is 52.2 Å². The van der Waals surface area contributed by atoms with Gasteiger partial charge in [-0.3, -0.25) is 9.59 Å². The van der Waals surface area contributed by atoms with Crippen LogP contribution in [0.3, 0.4) is 0 Å². The van der Waals surface area contributed by atoms with Gasteiger partial charge in [0.2, 0.25) is 5.91 Å². The number of halogens is 3. The van der Waals surface area contributed by atoms with E-state index in [-0.39, 0.29) is 25.0 Å². The van der Waals surface area contributed by atoms with E-state index in [0.717, 1.165) is 0 Å². The molecule has 168 valence electrons. The zero-order chi connectivity index (χ0) is 23.2. The molecule has 2 rings (SSSR count). The molecule has 1 N–H and O–H groups in total. The Balaban J connectivity index is 2.29. The van der Waals surface area contributed by atoms with Crippen molar-refractivity contribution in [1.29, 1.82) is 0 Å². The van der Waals surface area contributed by atoms with Gasteiger partial charge in [0.05, 0.1) is 0 Å². The van der Waals surface area contributed by atoms with Crippen molar-refractivity contribution < 1.29 is 14.3 Å². The van der Waals surface area contributed by atoms with Crippen molar-refractivity contribution >= 4 is 46.6 Å². The molecule has 0 spiro atoms. The molecule has 1 atom stereocenters. The fourth-order valence-corrected chi connectivity index (χ4v) is 3.63. The minimum Gasteiger partial charge on any atom is -0.484 e. The number of ether oxygens (including phenoxy) is 1. The molecule has 5 nitrogen and oxygen atoms in total. The highest BCUT2D eigenvalue weighted by Crippen LogP contribution is 2.27. The summed E-state index contributed by atoms with van der Waals surface area (Å²) >= 11 is 18.6. The summed E-state index contributed by atoms with van der Waals surface area (Å²) in [5.41, 5.74) is 0.133. The molecule has 0 aromatic heterocycles. The van der Waals surface area contributed by atoms with Gasteiger partial charge in [0.1, 0.15) is 11.8 Å². The first-order chi connectivity index (χ1) is 14.5. The van der Waals surface area contributed by atoms with E-state index in [4.69, 9.17) is 39.5 Å². The molecule has 0 saturated heterocycles. The molecule has 2 aromatic carbocycles. The zero-order valence-corrected chi connectivity index (χ0v) is 20.3. The maximum Gasteiger partial charge on any atom is 0.261 e. The maximum absolute atomic E-state index is 13.2. The Labute approximate surface area is 198 Å². The van der Waals surface area contributed by atoms with Crippen molar-refractivity contribution in [2.24, 2.45) is 0 Å². The van der Waals surface area contributed by atoms with Gasteiger partial charge in [-0.2, -0.15) is 0 Å². The summed E-state index contributed by atoms with van der Waals surface area (Å²) < 4.78 is 5.63. The van der Waals surface area contributed by atoms with E-state index in [1.807, 2.05) is 27.7 Å². The van der Waals surface area contributed by atoms with Crippen molar-refractivity contribution in [1.82, 2.24) is 10.2 Å². The van der Waals surface area contributed by atoms with Crippen LogP contribution in [0.4, 0.5) is 0 Å². The fraction of sp³-hybridized carbons (Fsp3) is 0.391. The van der Waals surface area contributed by atoms with Crippen LogP contribution in [0.5, 0.6) is 5.75 Å². The Hall–Kier alpha value is -1.95. The largest absolute Gasteiger partial charge is 0.484 e. The normalized spacial score (nSPS) is 12.2. The number of rotatable bonds is 8. The van der Waals surface area contributed by atoms with E-state index in [0.29, 0.717) is 32.8 Å². The zero-order valence-electron chi connectivity index (χ0n) is 18.0. The topological polar surface area (TPSA) is 58.6 Å². The van der Waals surface area contributed by atoms with Crippen molar-refractivity contribution in [3.8, 4) is 5.75 Å². The molecule has 0 aliphatic rings. The van der Waals surface area contributed by atoms with Gasteiger partial charge in [-0.15, -0.1) is 0 Å². The monoisotopic (exact) mass is 484 g/mol. The van der Waals surface area contributed by atoms with Crippen LogP contribution in [0, 0.1) is 0 Å². The lowest BCUT2D eigenvalue weighted by Gasteiger charge is -2.33. The first kappa shape index (κ1) is 25.3. The molecule has 0 aliphatic carbocycles. The summed E-state index contributed by atoms with van der Waals surface area (Å²) in [7, 11) is 0. The molecule has 0 saturated carbocycles. The minimum absolute atomic E-state index is 0.0807. The molecule has 8 heteroatoms. The number of carbonyl (C=O) groups excluding carboxylic acids is 2. The number of hydrogen-bond donors (Lipinski definition) is 1. The van der Waals surface area contributed by atoms with Gasteiger partial charge in [-0.05, 0) is 63.6 Å². The number of amides is 2. The van der Waals surface area contributed by atoms with E-state index in [9.17, 15) is 9.59 Å². The molecule has 0 unspecified atom stereocenters. The van der Waals surface area contributed by atoms with Crippen LogP contribution in [-0.2, 0) is 16.1 Å². The lowest BCUT2D eigenvalue weighted by molar-refractivity contribution is -0.143. The van der Waals surface area contributed by atoms with Gasteiger partial charge >= 0.3 is 0 Å². The molecule has 2 amide bonds. The number of carbonyl (C=O) groups is 2. The fourth-order valence-electron chi connectivity index (χ4n) is 2.98. The van der Waals surface area contributed by atoms with Crippen molar-refractivity contribution in [2.75, 3.05) is 6.61 Å². The van der Waals surface area contributed by atoms with Gasteiger partial charge in [0.25, 0.3) is 5.91 Å². The van der Waals surface area contributed by atoms with E-state index >= 15 is 0 Å². The van der Waals surface area contributed by atoms with Crippen LogP contribution >= 0.6 is 34.8 Å². The third-order valence-electron chi connectivity index (χ3n) is 4.45. The van der Waals surface area contributed by atoms with Crippen LogP contribution in [0.15, 0.2) is 42.5 Å². The Morgan fingerprint density at radius 3 is 2.13 bits per heavy atom. The minimum atomic E-state index is -0.715. The molecule has 0 bridgehead atoms. The Kier molecular flexibility index (Phi) is 9.04. The lowest BCUT2D eigenvalue weighted by Crippen LogP contribution is -2.54. The lowest BCUT2D eigenvalue weighted by atomic mass is 10.1. The summed E-state index contributed by atoms with van der Waals surface area (Å²) in [5.74, 6) is -0.111. The summed E-state index contributed by atoms with van der Waals surface area (Å²) in [4.78, 5) is 27.6. The Bertz CT molecular complexity index is 891.